The summed E-state index contributed by atoms with van der Waals surface area (Å²) >= 11 is 5.93. The first kappa shape index (κ1) is 30.9. The van der Waals surface area contributed by atoms with Crippen LogP contribution in [0.3, 0.4) is 0 Å². The number of nitrogens with zero attached hydrogens (tertiary/aromatic N) is 7. The maximum atomic E-state index is 13.1. The third kappa shape index (κ3) is 7.82. The molecule has 0 spiro atoms. The van der Waals surface area contributed by atoms with Crippen LogP contribution < -0.4 is 5.69 Å². The van der Waals surface area contributed by atoms with Crippen LogP contribution in [0.5, 0.6) is 0 Å². The molecule has 1 atom stereocenters. The summed E-state index contributed by atoms with van der Waals surface area (Å²) in [7, 11) is 0. The molecule has 0 aliphatic heterocycles. The van der Waals surface area contributed by atoms with E-state index in [2.05, 4.69) is 20.2 Å². The number of hydrogen-bond donors (Lipinski definition) is 1. The molecule has 0 fully saturated rings. The van der Waals surface area contributed by atoms with Crippen molar-refractivity contribution in [3.63, 3.8) is 0 Å². The second kappa shape index (κ2) is 12.4. The largest absolute Gasteiger partial charge is 0.460 e. The van der Waals surface area contributed by atoms with Gasteiger partial charge in [-0.25, -0.2) is 19.1 Å². The SMILES string of the molecule is CC(C)(C)OC(=O)CCCc1ccncc1-n1cnc(Cn2nc(-c3ccc(Cl)cc3)n(C[C@H](O)C(F)(F)F)c2=O)n1. The highest BCUT2D eigenvalue weighted by atomic mass is 35.5. The molecule has 224 valence electrons. The lowest BCUT2D eigenvalue weighted by molar-refractivity contribution is -0.207. The summed E-state index contributed by atoms with van der Waals surface area (Å²) in [6.45, 7) is 4.10. The van der Waals surface area contributed by atoms with Crippen molar-refractivity contribution >= 4 is 17.6 Å². The normalized spacial score (nSPS) is 12.9. The van der Waals surface area contributed by atoms with E-state index < -0.39 is 30.1 Å². The van der Waals surface area contributed by atoms with Gasteiger partial charge in [0.05, 0.1) is 18.4 Å². The zero-order valence-corrected chi connectivity index (χ0v) is 23.8. The molecule has 4 aromatic rings. The van der Waals surface area contributed by atoms with Crippen molar-refractivity contribution in [3.8, 4) is 17.1 Å². The van der Waals surface area contributed by atoms with E-state index >= 15 is 0 Å². The third-order valence-corrected chi connectivity index (χ3v) is 6.22. The molecule has 0 radical (unpaired) electrons. The number of aliphatic hydroxyl groups is 1. The minimum Gasteiger partial charge on any atom is -0.460 e. The highest BCUT2D eigenvalue weighted by Crippen LogP contribution is 2.24. The predicted octanol–water partition coefficient (Wildman–Crippen LogP) is 3.98. The average molecular weight is 608 g/mol. The molecule has 0 aliphatic carbocycles. The smallest absolute Gasteiger partial charge is 0.416 e. The van der Waals surface area contributed by atoms with Gasteiger partial charge in [0.2, 0.25) is 0 Å². The van der Waals surface area contributed by atoms with E-state index in [1.807, 2.05) is 0 Å². The van der Waals surface area contributed by atoms with Crippen LogP contribution in [0, 0.1) is 0 Å². The number of carbonyl (C=O) groups is 1. The summed E-state index contributed by atoms with van der Waals surface area (Å²) in [5, 5.41) is 18.7. The van der Waals surface area contributed by atoms with Gasteiger partial charge in [-0.2, -0.15) is 13.2 Å². The number of benzene rings is 1. The fourth-order valence-electron chi connectivity index (χ4n) is 4.07. The molecule has 4 rings (SSSR count). The van der Waals surface area contributed by atoms with Crippen LogP contribution in [-0.4, -0.2) is 63.1 Å². The number of halogens is 4. The van der Waals surface area contributed by atoms with Gasteiger partial charge in [-0.05, 0) is 69.5 Å². The first-order valence-electron chi connectivity index (χ1n) is 13.0. The van der Waals surface area contributed by atoms with Crippen molar-refractivity contribution in [1.29, 1.82) is 0 Å². The lowest BCUT2D eigenvalue weighted by Crippen LogP contribution is -2.37. The minimum absolute atomic E-state index is 0.0843. The van der Waals surface area contributed by atoms with Crippen LogP contribution in [-0.2, 0) is 29.0 Å². The molecule has 0 saturated heterocycles. The fraction of sp³-hybridized carbons (Fsp3) is 0.407. The molecule has 0 aliphatic rings. The van der Waals surface area contributed by atoms with Crippen molar-refractivity contribution in [2.75, 3.05) is 0 Å². The van der Waals surface area contributed by atoms with E-state index in [-0.39, 0.29) is 30.6 Å². The van der Waals surface area contributed by atoms with Crippen molar-refractivity contribution < 1.29 is 27.8 Å². The number of aromatic nitrogens is 7. The Bertz CT molecular complexity index is 1590. The van der Waals surface area contributed by atoms with Gasteiger partial charge in [-0.1, -0.05) is 11.6 Å². The molecule has 0 amide bonds. The maximum absolute atomic E-state index is 13.1. The van der Waals surface area contributed by atoms with Gasteiger partial charge >= 0.3 is 17.8 Å². The molecule has 0 bridgehead atoms. The first-order valence-corrected chi connectivity index (χ1v) is 13.3. The van der Waals surface area contributed by atoms with Gasteiger partial charge in [-0.15, -0.1) is 10.2 Å². The molecule has 3 aromatic heterocycles. The van der Waals surface area contributed by atoms with Gasteiger partial charge < -0.3 is 9.84 Å². The second-order valence-corrected chi connectivity index (χ2v) is 10.9. The second-order valence-electron chi connectivity index (χ2n) is 10.5. The number of ether oxygens (including phenoxy) is 1. The van der Waals surface area contributed by atoms with Crippen LogP contribution in [0.1, 0.15) is 45.0 Å². The monoisotopic (exact) mass is 607 g/mol. The van der Waals surface area contributed by atoms with Crippen molar-refractivity contribution in [3.05, 3.63) is 75.9 Å². The van der Waals surface area contributed by atoms with Crippen molar-refractivity contribution in [2.24, 2.45) is 0 Å². The molecule has 1 aromatic carbocycles. The van der Waals surface area contributed by atoms with Gasteiger partial charge in [0.15, 0.2) is 17.8 Å². The van der Waals surface area contributed by atoms with E-state index in [1.54, 1.807) is 39.2 Å². The Morgan fingerprint density at radius 3 is 2.50 bits per heavy atom. The summed E-state index contributed by atoms with van der Waals surface area (Å²) < 4.78 is 47.9. The van der Waals surface area contributed by atoms with Crippen LogP contribution in [0.25, 0.3) is 17.1 Å². The summed E-state index contributed by atoms with van der Waals surface area (Å²) in [4.78, 5) is 33.6. The Morgan fingerprint density at radius 2 is 1.83 bits per heavy atom. The summed E-state index contributed by atoms with van der Waals surface area (Å²) in [5.41, 5.74) is 0.325. The highest BCUT2D eigenvalue weighted by molar-refractivity contribution is 6.30. The van der Waals surface area contributed by atoms with Crippen molar-refractivity contribution in [1.82, 2.24) is 34.1 Å². The number of esters is 1. The first-order chi connectivity index (χ1) is 19.7. The van der Waals surface area contributed by atoms with Gasteiger partial charge in [0.1, 0.15) is 18.5 Å². The molecule has 42 heavy (non-hydrogen) atoms. The molecule has 0 saturated carbocycles. The molecule has 3 heterocycles. The number of aliphatic hydroxyl groups excluding tert-OH is 1. The average Bonchev–Trinajstić information content (AvgIpc) is 3.48. The van der Waals surface area contributed by atoms with Crippen LogP contribution in [0.4, 0.5) is 13.2 Å². The van der Waals surface area contributed by atoms with Gasteiger partial charge in [0.25, 0.3) is 0 Å². The fourth-order valence-corrected chi connectivity index (χ4v) is 4.19. The summed E-state index contributed by atoms with van der Waals surface area (Å²) in [6, 6.07) is 7.82. The molecule has 11 nitrogen and oxygen atoms in total. The number of pyridine rings is 1. The zero-order chi connectivity index (χ0) is 30.7. The highest BCUT2D eigenvalue weighted by Gasteiger charge is 2.39. The van der Waals surface area contributed by atoms with E-state index in [9.17, 15) is 27.9 Å². The van der Waals surface area contributed by atoms with E-state index in [4.69, 9.17) is 16.3 Å². The zero-order valence-electron chi connectivity index (χ0n) is 23.0. The Hall–Kier alpha value is -4.04. The lowest BCUT2D eigenvalue weighted by Gasteiger charge is -2.19. The van der Waals surface area contributed by atoms with E-state index in [1.165, 1.54) is 35.3 Å². The maximum Gasteiger partial charge on any atom is 0.416 e. The summed E-state index contributed by atoms with van der Waals surface area (Å²) in [6.07, 6.45) is -1.82. The van der Waals surface area contributed by atoms with Crippen LogP contribution >= 0.6 is 11.6 Å². The number of alkyl halides is 3. The molecular formula is C27H29ClF3N7O4. The van der Waals surface area contributed by atoms with Crippen molar-refractivity contribution in [2.45, 2.75) is 71.0 Å². The third-order valence-electron chi connectivity index (χ3n) is 5.97. The lowest BCUT2D eigenvalue weighted by atomic mass is 10.1. The summed E-state index contributed by atoms with van der Waals surface area (Å²) in [5.74, 6) is -0.227. The molecule has 15 heteroatoms. The molecule has 0 unspecified atom stereocenters. The van der Waals surface area contributed by atoms with Gasteiger partial charge in [-0.3, -0.25) is 14.3 Å². The number of aryl methyl sites for hydroxylation is 1. The standard InChI is InChI=1S/C27H29ClF3N7O4/c1-26(2,3)42-23(40)6-4-5-17-11-12-32-13-20(17)38-16-33-22(34-38)15-37-25(41)36(14-21(39)27(29,30)31)24(35-37)18-7-9-19(28)10-8-18/h7-13,16,21,39H,4-6,14-15H2,1-3H3/t21-/m0/s1. The number of hydrogen-bond acceptors (Lipinski definition) is 8. The van der Waals surface area contributed by atoms with Crippen LogP contribution in [0.2, 0.25) is 5.02 Å². The minimum atomic E-state index is -4.94. The Kier molecular flexibility index (Phi) is 9.16. The Morgan fingerprint density at radius 1 is 1.12 bits per heavy atom. The number of carbonyl (C=O) groups excluding carboxylic acids is 1. The molecular weight excluding hydrogens is 579 g/mol. The van der Waals surface area contributed by atoms with Crippen LogP contribution in [0.15, 0.2) is 53.8 Å². The Labute approximate surface area is 243 Å². The Balaban J connectivity index is 1.56. The van der Waals surface area contributed by atoms with Gasteiger partial charge in [0, 0.05) is 23.2 Å². The van der Waals surface area contributed by atoms with E-state index in [0.29, 0.717) is 29.1 Å². The quantitative estimate of drug-likeness (QED) is 0.268. The molecule has 1 N–H and O–H groups in total. The predicted molar refractivity (Wildman–Crippen MR) is 146 cm³/mol. The topological polar surface area (TPSA) is 130 Å². The number of rotatable bonds is 10. The van der Waals surface area contributed by atoms with E-state index in [0.717, 1.165) is 14.8 Å².